The van der Waals surface area contributed by atoms with E-state index in [0.29, 0.717) is 30.1 Å². The average Bonchev–Trinajstić information content (AvgIpc) is 3.32. The highest BCUT2D eigenvalue weighted by molar-refractivity contribution is 5.76. The molecule has 2 aliphatic heterocycles. The number of amides is 2. The molecule has 4 rings (SSSR count). The third-order valence-electron chi connectivity index (χ3n) is 4.81. The summed E-state index contributed by atoms with van der Waals surface area (Å²) < 4.78 is 10.6. The number of hydrogen-bond donors (Lipinski definition) is 0. The molecule has 128 valence electrons. The summed E-state index contributed by atoms with van der Waals surface area (Å²) in [5, 5.41) is 3.96. The minimum Gasteiger partial charge on any atom is -0.461 e. The molecule has 24 heavy (non-hydrogen) atoms. The number of carbonyl (C=O) groups excluding carboxylic acids is 1. The molecule has 8 heteroatoms. The molecule has 0 saturated carbocycles. The predicted octanol–water partition coefficient (Wildman–Crippen LogP) is 1.66. The fourth-order valence-corrected chi connectivity index (χ4v) is 3.41. The second-order valence-corrected chi connectivity index (χ2v) is 6.39. The molecule has 0 aromatic carbocycles. The maximum Gasteiger partial charge on any atom is 0.320 e. The summed E-state index contributed by atoms with van der Waals surface area (Å²) in [5.74, 6) is 1.69. The van der Waals surface area contributed by atoms with Gasteiger partial charge in [0.2, 0.25) is 11.7 Å². The van der Waals surface area contributed by atoms with E-state index in [4.69, 9.17) is 8.94 Å². The van der Waals surface area contributed by atoms with Gasteiger partial charge in [-0.05, 0) is 25.0 Å². The Balaban J connectivity index is 1.31. The van der Waals surface area contributed by atoms with Crippen LogP contribution in [0.5, 0.6) is 0 Å². The van der Waals surface area contributed by atoms with E-state index < -0.39 is 0 Å². The quantitative estimate of drug-likeness (QED) is 0.848. The van der Waals surface area contributed by atoms with E-state index in [9.17, 15) is 4.79 Å². The molecular formula is C16H21N5O3. The van der Waals surface area contributed by atoms with Gasteiger partial charge in [-0.1, -0.05) is 5.16 Å². The Hall–Kier alpha value is -2.35. The van der Waals surface area contributed by atoms with Crippen molar-refractivity contribution in [1.82, 2.24) is 24.8 Å². The Morgan fingerprint density at radius 3 is 2.75 bits per heavy atom. The van der Waals surface area contributed by atoms with Crippen LogP contribution >= 0.6 is 0 Å². The van der Waals surface area contributed by atoms with E-state index in [0.717, 1.165) is 39.0 Å². The third-order valence-corrected chi connectivity index (χ3v) is 4.81. The molecule has 2 aliphatic rings. The van der Waals surface area contributed by atoms with E-state index in [2.05, 4.69) is 15.0 Å². The Morgan fingerprint density at radius 2 is 2.08 bits per heavy atom. The second kappa shape index (κ2) is 6.27. The van der Waals surface area contributed by atoms with Crippen molar-refractivity contribution in [3.8, 4) is 11.6 Å². The molecule has 8 nitrogen and oxygen atoms in total. The van der Waals surface area contributed by atoms with Gasteiger partial charge in [-0.25, -0.2) is 4.79 Å². The van der Waals surface area contributed by atoms with Gasteiger partial charge in [0.05, 0.1) is 12.8 Å². The molecule has 2 saturated heterocycles. The molecule has 2 amide bonds. The van der Waals surface area contributed by atoms with Gasteiger partial charge in [0, 0.05) is 39.3 Å². The number of rotatable bonds is 4. The number of hydrogen-bond acceptors (Lipinski definition) is 6. The summed E-state index contributed by atoms with van der Waals surface area (Å²) >= 11 is 0. The molecule has 2 fully saturated rings. The molecule has 2 aromatic heterocycles. The van der Waals surface area contributed by atoms with Crippen molar-refractivity contribution in [1.29, 1.82) is 0 Å². The van der Waals surface area contributed by atoms with Crippen LogP contribution < -0.4 is 0 Å². The maximum atomic E-state index is 12.1. The van der Waals surface area contributed by atoms with Gasteiger partial charge in [-0.3, -0.25) is 4.90 Å². The van der Waals surface area contributed by atoms with Crippen LogP contribution in [0.2, 0.25) is 0 Å². The molecular weight excluding hydrogens is 310 g/mol. The Morgan fingerprint density at radius 1 is 1.25 bits per heavy atom. The van der Waals surface area contributed by atoms with Crippen molar-refractivity contribution in [2.75, 3.05) is 33.2 Å². The minimum atomic E-state index is 0.161. The van der Waals surface area contributed by atoms with E-state index in [-0.39, 0.29) is 6.03 Å². The van der Waals surface area contributed by atoms with Gasteiger partial charge in [0.15, 0.2) is 5.76 Å². The van der Waals surface area contributed by atoms with Crippen LogP contribution in [-0.4, -0.2) is 70.1 Å². The van der Waals surface area contributed by atoms with Crippen LogP contribution in [0.1, 0.15) is 18.7 Å². The molecule has 0 N–H and O–H groups in total. The fraction of sp³-hybridized carbons (Fsp3) is 0.562. The van der Waals surface area contributed by atoms with Crippen molar-refractivity contribution in [2.45, 2.75) is 25.4 Å². The summed E-state index contributed by atoms with van der Waals surface area (Å²) in [5.41, 5.74) is 0. The number of urea groups is 1. The zero-order valence-corrected chi connectivity index (χ0v) is 13.7. The first-order valence-electron chi connectivity index (χ1n) is 8.31. The smallest absolute Gasteiger partial charge is 0.320 e. The van der Waals surface area contributed by atoms with Gasteiger partial charge in [-0.2, -0.15) is 4.98 Å². The lowest BCUT2D eigenvalue weighted by molar-refractivity contribution is 0.120. The monoisotopic (exact) mass is 331 g/mol. The highest BCUT2D eigenvalue weighted by atomic mass is 16.5. The van der Waals surface area contributed by atoms with Crippen molar-refractivity contribution < 1.29 is 13.7 Å². The lowest BCUT2D eigenvalue weighted by atomic mass is 10.0. The standard InChI is InChI=1S/C16H21N5O3/c1-19-8-9-21(16(19)22)12-4-6-20(7-5-12)11-14-17-15(18-24-14)13-3-2-10-23-13/h2-3,10,12H,4-9,11H2,1H3. The number of carbonyl (C=O) groups is 1. The molecule has 0 unspecified atom stereocenters. The molecule has 4 heterocycles. The summed E-state index contributed by atoms with van der Waals surface area (Å²) in [6.45, 7) is 4.16. The highest BCUT2D eigenvalue weighted by Crippen LogP contribution is 2.22. The molecule has 0 spiro atoms. The lowest BCUT2D eigenvalue weighted by Gasteiger charge is -2.35. The summed E-state index contributed by atoms with van der Waals surface area (Å²) in [6.07, 6.45) is 3.56. The van der Waals surface area contributed by atoms with E-state index in [1.165, 1.54) is 0 Å². The first kappa shape index (κ1) is 15.2. The second-order valence-electron chi connectivity index (χ2n) is 6.39. The molecule has 0 atom stereocenters. The summed E-state index contributed by atoms with van der Waals surface area (Å²) in [6, 6.07) is 4.12. The molecule has 0 radical (unpaired) electrons. The van der Waals surface area contributed by atoms with Crippen molar-refractivity contribution in [3.63, 3.8) is 0 Å². The predicted molar refractivity (Wildman–Crippen MR) is 85.0 cm³/mol. The van der Waals surface area contributed by atoms with Gasteiger partial charge in [0.1, 0.15) is 0 Å². The molecule has 0 aliphatic carbocycles. The Kier molecular flexibility index (Phi) is 3.97. The number of aromatic nitrogens is 2. The zero-order chi connectivity index (χ0) is 16.5. The lowest BCUT2D eigenvalue weighted by Crippen LogP contribution is -2.46. The normalized spacial score (nSPS) is 20.3. The minimum absolute atomic E-state index is 0.161. The van der Waals surface area contributed by atoms with Gasteiger partial charge >= 0.3 is 6.03 Å². The first-order valence-corrected chi connectivity index (χ1v) is 8.31. The van der Waals surface area contributed by atoms with Crippen molar-refractivity contribution in [2.24, 2.45) is 0 Å². The van der Waals surface area contributed by atoms with E-state index in [1.54, 1.807) is 17.2 Å². The van der Waals surface area contributed by atoms with Crippen LogP contribution in [0, 0.1) is 0 Å². The van der Waals surface area contributed by atoms with Gasteiger partial charge in [-0.15, -0.1) is 0 Å². The maximum absolute atomic E-state index is 12.1. The summed E-state index contributed by atoms with van der Waals surface area (Å²) in [4.78, 5) is 22.6. The highest BCUT2D eigenvalue weighted by Gasteiger charge is 2.33. The Bertz CT molecular complexity index is 690. The van der Waals surface area contributed by atoms with Crippen LogP contribution in [0.15, 0.2) is 27.3 Å². The van der Waals surface area contributed by atoms with Crippen molar-refractivity contribution >= 4 is 6.03 Å². The number of piperidine rings is 1. The average molecular weight is 331 g/mol. The third kappa shape index (κ3) is 2.89. The van der Waals surface area contributed by atoms with Crippen LogP contribution in [0.25, 0.3) is 11.6 Å². The Labute approximate surface area is 140 Å². The van der Waals surface area contributed by atoms with Gasteiger partial charge < -0.3 is 18.7 Å². The van der Waals surface area contributed by atoms with Crippen LogP contribution in [0.3, 0.4) is 0 Å². The first-order chi connectivity index (χ1) is 11.7. The SMILES string of the molecule is CN1CCN(C2CCN(Cc3nc(-c4ccco4)no3)CC2)C1=O. The zero-order valence-electron chi connectivity index (χ0n) is 13.7. The van der Waals surface area contributed by atoms with Crippen LogP contribution in [-0.2, 0) is 6.54 Å². The number of likely N-dealkylation sites (tertiary alicyclic amines) is 1. The number of nitrogens with zero attached hydrogens (tertiary/aromatic N) is 5. The van der Waals surface area contributed by atoms with Crippen molar-refractivity contribution in [3.05, 3.63) is 24.3 Å². The van der Waals surface area contributed by atoms with E-state index in [1.807, 2.05) is 18.0 Å². The fourth-order valence-electron chi connectivity index (χ4n) is 3.41. The summed E-state index contributed by atoms with van der Waals surface area (Å²) in [7, 11) is 1.86. The molecule has 0 bridgehead atoms. The molecule has 2 aromatic rings. The van der Waals surface area contributed by atoms with Gasteiger partial charge in [0.25, 0.3) is 0 Å². The van der Waals surface area contributed by atoms with E-state index >= 15 is 0 Å². The largest absolute Gasteiger partial charge is 0.461 e. The topological polar surface area (TPSA) is 78.8 Å². The number of likely N-dealkylation sites (N-methyl/N-ethyl adjacent to an activating group) is 1. The van der Waals surface area contributed by atoms with Crippen LogP contribution in [0.4, 0.5) is 4.79 Å². The number of furan rings is 1.